The fourth-order valence-corrected chi connectivity index (χ4v) is 2.67. The van der Waals surface area contributed by atoms with Crippen LogP contribution in [0.1, 0.15) is 11.1 Å². The van der Waals surface area contributed by atoms with Gasteiger partial charge >= 0.3 is 11.8 Å². The Morgan fingerprint density at radius 1 is 1.10 bits per heavy atom. The molecule has 20 heavy (non-hydrogen) atoms. The molecule has 1 aliphatic rings. The van der Waals surface area contributed by atoms with Crippen LogP contribution in [-0.2, 0) is 17.3 Å². The van der Waals surface area contributed by atoms with Crippen LogP contribution in [-0.4, -0.2) is 5.91 Å². The largest absolute Gasteiger partial charge is 0.352 e. The summed E-state index contributed by atoms with van der Waals surface area (Å²) in [7, 11) is 0. The van der Waals surface area contributed by atoms with Gasteiger partial charge in [0.2, 0.25) is 0 Å². The molecule has 0 saturated carbocycles. The Kier molecular flexibility index (Phi) is 3.09. The lowest BCUT2D eigenvalue weighted by molar-refractivity contribution is -0.141. The zero-order valence-corrected chi connectivity index (χ0v) is 11.9. The van der Waals surface area contributed by atoms with Crippen LogP contribution in [0.15, 0.2) is 53.0 Å². The van der Waals surface area contributed by atoms with Gasteiger partial charge in [-0.1, -0.05) is 46.3 Å². The summed E-state index contributed by atoms with van der Waals surface area (Å²) in [6.07, 6.45) is 0. The van der Waals surface area contributed by atoms with E-state index in [1.807, 2.05) is 30.3 Å². The number of nitrogens with zero attached hydrogens (tertiary/aromatic N) is 1. The van der Waals surface area contributed by atoms with E-state index in [9.17, 15) is 13.6 Å². The van der Waals surface area contributed by atoms with Crippen LogP contribution in [0.3, 0.4) is 0 Å². The highest BCUT2D eigenvalue weighted by Gasteiger charge is 2.52. The molecule has 2 aromatic carbocycles. The first kappa shape index (κ1) is 13.2. The van der Waals surface area contributed by atoms with Crippen LogP contribution in [0, 0.1) is 0 Å². The highest BCUT2D eigenvalue weighted by Crippen LogP contribution is 2.45. The average molecular weight is 338 g/mol. The highest BCUT2D eigenvalue weighted by atomic mass is 79.9. The van der Waals surface area contributed by atoms with Crippen LogP contribution in [0.4, 0.5) is 14.5 Å². The molecule has 2 aromatic rings. The van der Waals surface area contributed by atoms with Gasteiger partial charge in [0.1, 0.15) is 0 Å². The second-order valence-corrected chi connectivity index (χ2v) is 5.53. The lowest BCUT2D eigenvalue weighted by atomic mass is 10.1. The number of hydrogen-bond donors (Lipinski definition) is 0. The van der Waals surface area contributed by atoms with Crippen LogP contribution >= 0.6 is 15.9 Å². The minimum atomic E-state index is -3.46. The summed E-state index contributed by atoms with van der Waals surface area (Å²) < 4.78 is 28.6. The highest BCUT2D eigenvalue weighted by molar-refractivity contribution is 9.10. The lowest BCUT2D eigenvalue weighted by Crippen LogP contribution is -2.34. The second-order valence-electron chi connectivity index (χ2n) is 4.61. The molecule has 1 heterocycles. The minimum Gasteiger partial charge on any atom is -0.302 e. The average Bonchev–Trinajstić information content (AvgIpc) is 2.62. The van der Waals surface area contributed by atoms with Gasteiger partial charge in [-0.15, -0.1) is 0 Å². The Hall–Kier alpha value is -1.75. The maximum absolute atomic E-state index is 14.1. The monoisotopic (exact) mass is 337 g/mol. The lowest BCUT2D eigenvalue weighted by Gasteiger charge is -2.17. The number of amides is 1. The van der Waals surface area contributed by atoms with E-state index < -0.39 is 11.8 Å². The number of rotatable bonds is 2. The van der Waals surface area contributed by atoms with Crippen molar-refractivity contribution < 1.29 is 13.6 Å². The van der Waals surface area contributed by atoms with Crippen LogP contribution in [0.25, 0.3) is 0 Å². The number of carbonyl (C=O) groups excluding carboxylic acids is 1. The van der Waals surface area contributed by atoms with Gasteiger partial charge in [-0.3, -0.25) is 4.79 Å². The van der Waals surface area contributed by atoms with Gasteiger partial charge in [0, 0.05) is 4.47 Å². The van der Waals surface area contributed by atoms with E-state index in [0.717, 1.165) is 10.5 Å². The first-order valence-corrected chi connectivity index (χ1v) is 6.83. The number of carbonyl (C=O) groups is 1. The summed E-state index contributed by atoms with van der Waals surface area (Å²) >= 11 is 3.16. The molecule has 0 aliphatic carbocycles. The Balaban J connectivity index is 2.04. The molecule has 0 atom stereocenters. The van der Waals surface area contributed by atoms with E-state index in [1.165, 1.54) is 6.07 Å². The van der Waals surface area contributed by atoms with E-state index in [2.05, 4.69) is 15.9 Å². The van der Waals surface area contributed by atoms with Crippen molar-refractivity contribution in [1.82, 2.24) is 0 Å². The first-order valence-electron chi connectivity index (χ1n) is 6.04. The first-order chi connectivity index (χ1) is 9.50. The molecule has 0 aromatic heterocycles. The van der Waals surface area contributed by atoms with Gasteiger partial charge in [0.15, 0.2) is 0 Å². The van der Waals surface area contributed by atoms with Crippen molar-refractivity contribution in [2.24, 2.45) is 0 Å². The second kappa shape index (κ2) is 4.66. The zero-order valence-electron chi connectivity index (χ0n) is 10.3. The van der Waals surface area contributed by atoms with Crippen LogP contribution in [0.5, 0.6) is 0 Å². The zero-order chi connectivity index (χ0) is 14.3. The summed E-state index contributed by atoms with van der Waals surface area (Å²) in [6.45, 7) is 0.143. The molecule has 0 radical (unpaired) electrons. The molecule has 0 bridgehead atoms. The van der Waals surface area contributed by atoms with E-state index >= 15 is 0 Å². The third-order valence-corrected chi connectivity index (χ3v) is 3.78. The summed E-state index contributed by atoms with van der Waals surface area (Å²) in [4.78, 5) is 13.1. The third kappa shape index (κ3) is 2.02. The van der Waals surface area contributed by atoms with Gasteiger partial charge in [-0.25, -0.2) is 0 Å². The quantitative estimate of drug-likeness (QED) is 0.808. The van der Waals surface area contributed by atoms with Crippen molar-refractivity contribution in [1.29, 1.82) is 0 Å². The molecule has 2 nitrogen and oxygen atoms in total. The summed E-state index contributed by atoms with van der Waals surface area (Å²) in [6, 6.07) is 13.6. The predicted molar refractivity (Wildman–Crippen MR) is 75.7 cm³/mol. The molecule has 1 amide bonds. The molecule has 0 fully saturated rings. The summed E-state index contributed by atoms with van der Waals surface area (Å²) in [5, 5.41) is 0. The number of halogens is 3. The maximum atomic E-state index is 14.1. The molecule has 1 aliphatic heterocycles. The van der Waals surface area contributed by atoms with Gasteiger partial charge in [0.05, 0.1) is 17.8 Å². The van der Waals surface area contributed by atoms with Gasteiger partial charge in [-0.2, -0.15) is 8.78 Å². The minimum absolute atomic E-state index is 0.143. The molecular formula is C15H10BrF2NO. The number of hydrogen-bond acceptors (Lipinski definition) is 1. The molecule has 0 unspecified atom stereocenters. The number of anilines is 1. The molecule has 0 N–H and O–H groups in total. The van der Waals surface area contributed by atoms with E-state index in [4.69, 9.17) is 0 Å². The van der Waals surface area contributed by atoms with E-state index in [1.54, 1.807) is 12.1 Å². The van der Waals surface area contributed by atoms with Gasteiger partial charge in [-0.05, 0) is 23.8 Å². The van der Waals surface area contributed by atoms with Crippen molar-refractivity contribution in [3.63, 3.8) is 0 Å². The van der Waals surface area contributed by atoms with E-state index in [0.29, 0.717) is 4.47 Å². The smallest absolute Gasteiger partial charge is 0.302 e. The van der Waals surface area contributed by atoms with Crippen molar-refractivity contribution in [3.8, 4) is 0 Å². The fraction of sp³-hybridized carbons (Fsp3) is 0.133. The number of fused-ring (bicyclic) bond motifs is 1. The third-order valence-electron chi connectivity index (χ3n) is 3.28. The summed E-state index contributed by atoms with van der Waals surface area (Å²) in [5.74, 6) is -4.64. The van der Waals surface area contributed by atoms with Crippen LogP contribution < -0.4 is 4.90 Å². The topological polar surface area (TPSA) is 20.3 Å². The molecule has 0 spiro atoms. The Morgan fingerprint density at radius 2 is 1.80 bits per heavy atom. The maximum Gasteiger partial charge on any atom is 0.352 e. The fourth-order valence-electron chi connectivity index (χ4n) is 2.31. The SMILES string of the molecule is O=C1N(Cc2ccccc2)c2ccc(Br)cc2C1(F)F. The predicted octanol–water partition coefficient (Wildman–Crippen LogP) is 4.09. The molecular weight excluding hydrogens is 328 g/mol. The number of benzene rings is 2. The molecule has 3 rings (SSSR count). The molecule has 5 heteroatoms. The van der Waals surface area contributed by atoms with Crippen molar-refractivity contribution >= 4 is 27.5 Å². The standard InChI is InChI=1S/C15H10BrF2NO/c16-11-6-7-13-12(8-11)15(17,18)14(20)19(13)9-10-4-2-1-3-5-10/h1-8H,9H2. The molecule has 102 valence electrons. The van der Waals surface area contributed by atoms with Crippen LogP contribution in [0.2, 0.25) is 0 Å². The number of alkyl halides is 2. The van der Waals surface area contributed by atoms with E-state index in [-0.39, 0.29) is 17.8 Å². The van der Waals surface area contributed by atoms with Crippen molar-refractivity contribution in [2.45, 2.75) is 12.5 Å². The normalized spacial score (nSPS) is 16.4. The van der Waals surface area contributed by atoms with Crippen molar-refractivity contribution in [2.75, 3.05) is 4.90 Å². The summed E-state index contributed by atoms with van der Waals surface area (Å²) in [5.41, 5.74) is 0.840. The van der Waals surface area contributed by atoms with Crippen molar-refractivity contribution in [3.05, 3.63) is 64.1 Å². The Labute approximate surface area is 123 Å². The Bertz CT molecular complexity index is 673. The van der Waals surface area contributed by atoms with Gasteiger partial charge in [0.25, 0.3) is 0 Å². The molecule has 0 saturated heterocycles. The Morgan fingerprint density at radius 3 is 2.50 bits per heavy atom. The van der Waals surface area contributed by atoms with Gasteiger partial charge < -0.3 is 4.90 Å².